The molecule has 0 radical (unpaired) electrons. The summed E-state index contributed by atoms with van der Waals surface area (Å²) in [5.41, 5.74) is -0.00000241. The fourth-order valence-electron chi connectivity index (χ4n) is 2.80. The highest BCUT2D eigenvalue weighted by Crippen LogP contribution is 2.16. The first-order valence-corrected chi connectivity index (χ1v) is 10.8. The van der Waals surface area contributed by atoms with E-state index in [1.165, 1.54) is 7.11 Å². The van der Waals surface area contributed by atoms with Gasteiger partial charge in [-0.05, 0) is 61.3 Å². The molecule has 2 amide bonds. The number of nitrogens with zero attached hydrogens (tertiary/aromatic N) is 1. The van der Waals surface area contributed by atoms with Crippen molar-refractivity contribution in [3.05, 3.63) is 23.5 Å². The standard InChI is InChI=1S/C23H39N3O6/c1-15-12-17(13-16(2)25-15)31-14-19(27)18(26-20(28)23(6,7)30-8)10-9-11-24-21(29)32-22(3,4)5/h12-13,18-19,27H,9-11,14H2,1-8H3,(H,24,29)(H,26,28). The second-order valence-electron chi connectivity index (χ2n) is 9.33. The minimum absolute atomic E-state index is 0.0131. The molecule has 1 aromatic heterocycles. The molecular weight excluding hydrogens is 414 g/mol. The maximum Gasteiger partial charge on any atom is 0.407 e. The summed E-state index contributed by atoms with van der Waals surface area (Å²) in [7, 11) is 1.45. The molecule has 2 atom stereocenters. The van der Waals surface area contributed by atoms with Crippen LogP contribution in [0.1, 0.15) is 58.8 Å². The van der Waals surface area contributed by atoms with Crippen molar-refractivity contribution in [2.24, 2.45) is 0 Å². The SMILES string of the molecule is COC(C)(C)C(=O)NC(CCCNC(=O)OC(C)(C)C)C(O)COc1cc(C)nc(C)c1. The number of nitrogens with one attached hydrogen (secondary N) is 2. The molecule has 0 aliphatic rings. The van der Waals surface area contributed by atoms with Crippen molar-refractivity contribution >= 4 is 12.0 Å². The van der Waals surface area contributed by atoms with Gasteiger partial charge in [-0.15, -0.1) is 0 Å². The summed E-state index contributed by atoms with van der Waals surface area (Å²) in [6.07, 6.45) is -0.546. The summed E-state index contributed by atoms with van der Waals surface area (Å²) in [5, 5.41) is 16.3. The number of hydrogen-bond acceptors (Lipinski definition) is 7. The first kappa shape index (κ1) is 27.6. The normalized spacial score (nSPS) is 13.8. The number of aliphatic hydroxyl groups excluding tert-OH is 1. The van der Waals surface area contributed by atoms with E-state index in [2.05, 4.69) is 15.6 Å². The summed E-state index contributed by atoms with van der Waals surface area (Å²) in [5.74, 6) is 0.252. The summed E-state index contributed by atoms with van der Waals surface area (Å²) >= 11 is 0. The van der Waals surface area contributed by atoms with Crippen LogP contribution in [0, 0.1) is 13.8 Å². The van der Waals surface area contributed by atoms with Crippen LogP contribution in [0.3, 0.4) is 0 Å². The van der Waals surface area contributed by atoms with Gasteiger partial charge in [-0.2, -0.15) is 0 Å². The fraction of sp³-hybridized carbons (Fsp3) is 0.696. The average molecular weight is 454 g/mol. The van der Waals surface area contributed by atoms with E-state index in [9.17, 15) is 14.7 Å². The lowest BCUT2D eigenvalue weighted by atomic mass is 10.0. The van der Waals surface area contributed by atoms with Crippen molar-refractivity contribution in [2.75, 3.05) is 20.3 Å². The van der Waals surface area contributed by atoms with E-state index in [0.717, 1.165) is 11.4 Å². The van der Waals surface area contributed by atoms with E-state index in [0.29, 0.717) is 25.1 Å². The van der Waals surface area contributed by atoms with Gasteiger partial charge >= 0.3 is 6.09 Å². The fourth-order valence-corrected chi connectivity index (χ4v) is 2.80. The highest BCUT2D eigenvalue weighted by atomic mass is 16.6. The predicted octanol–water partition coefficient (Wildman–Crippen LogP) is 2.65. The Morgan fingerprint density at radius 1 is 1.12 bits per heavy atom. The lowest BCUT2D eigenvalue weighted by molar-refractivity contribution is -0.141. The smallest absolute Gasteiger partial charge is 0.407 e. The van der Waals surface area contributed by atoms with Crippen LogP contribution < -0.4 is 15.4 Å². The molecular formula is C23H39N3O6. The number of methoxy groups -OCH3 is 1. The van der Waals surface area contributed by atoms with Crippen molar-refractivity contribution in [3.8, 4) is 5.75 Å². The lowest BCUT2D eigenvalue weighted by Crippen LogP contribution is -2.53. The van der Waals surface area contributed by atoms with E-state index < -0.39 is 29.4 Å². The monoisotopic (exact) mass is 453 g/mol. The zero-order chi connectivity index (χ0) is 24.5. The van der Waals surface area contributed by atoms with E-state index in [-0.39, 0.29) is 12.5 Å². The average Bonchev–Trinajstić information content (AvgIpc) is 2.66. The number of carbonyl (C=O) groups is 2. The molecule has 32 heavy (non-hydrogen) atoms. The molecule has 9 nitrogen and oxygen atoms in total. The number of ether oxygens (including phenoxy) is 3. The van der Waals surface area contributed by atoms with Crippen LogP contribution in [0.2, 0.25) is 0 Å². The van der Waals surface area contributed by atoms with Gasteiger partial charge in [0, 0.05) is 37.2 Å². The topological polar surface area (TPSA) is 119 Å². The van der Waals surface area contributed by atoms with Gasteiger partial charge in [0.25, 0.3) is 5.91 Å². The number of rotatable bonds is 11. The molecule has 0 bridgehead atoms. The van der Waals surface area contributed by atoms with Crippen molar-refractivity contribution in [2.45, 2.75) is 84.7 Å². The number of hydrogen-bond donors (Lipinski definition) is 3. The molecule has 0 saturated carbocycles. The molecule has 9 heteroatoms. The number of aromatic nitrogens is 1. The van der Waals surface area contributed by atoms with Crippen molar-refractivity contribution < 1.29 is 28.9 Å². The van der Waals surface area contributed by atoms with Crippen LogP contribution in [-0.4, -0.2) is 65.7 Å². The largest absolute Gasteiger partial charge is 0.491 e. The van der Waals surface area contributed by atoms with Crippen LogP contribution in [0.25, 0.3) is 0 Å². The Morgan fingerprint density at radius 2 is 1.72 bits per heavy atom. The van der Waals surface area contributed by atoms with Crippen molar-refractivity contribution in [3.63, 3.8) is 0 Å². The van der Waals surface area contributed by atoms with Gasteiger partial charge in [-0.25, -0.2) is 4.79 Å². The Bertz CT molecular complexity index is 740. The maximum absolute atomic E-state index is 12.6. The number of aliphatic hydroxyl groups is 1. The van der Waals surface area contributed by atoms with Gasteiger partial charge in [0.05, 0.1) is 6.04 Å². The van der Waals surface area contributed by atoms with Crippen LogP contribution in [0.4, 0.5) is 4.79 Å². The quantitative estimate of drug-likeness (QED) is 0.441. The van der Waals surface area contributed by atoms with E-state index in [1.54, 1.807) is 46.8 Å². The second-order valence-corrected chi connectivity index (χ2v) is 9.33. The summed E-state index contributed by atoms with van der Waals surface area (Å²) < 4.78 is 16.2. The van der Waals surface area contributed by atoms with Crippen LogP contribution in [0.15, 0.2) is 12.1 Å². The van der Waals surface area contributed by atoms with Gasteiger partial charge in [0.2, 0.25) is 0 Å². The van der Waals surface area contributed by atoms with E-state index in [1.807, 2.05) is 13.8 Å². The Morgan fingerprint density at radius 3 is 2.25 bits per heavy atom. The molecule has 0 saturated heterocycles. The number of carbonyl (C=O) groups excluding carboxylic acids is 2. The van der Waals surface area contributed by atoms with Crippen LogP contribution >= 0.6 is 0 Å². The summed E-state index contributed by atoms with van der Waals surface area (Å²) in [4.78, 5) is 28.7. The minimum atomic E-state index is -1.05. The Kier molecular flexibility index (Phi) is 10.4. The highest BCUT2D eigenvalue weighted by Gasteiger charge is 2.31. The third-order valence-corrected chi connectivity index (χ3v) is 4.67. The molecule has 0 fully saturated rings. The van der Waals surface area contributed by atoms with Gasteiger partial charge in [-0.3, -0.25) is 9.78 Å². The number of alkyl carbamates (subject to hydrolysis) is 1. The first-order valence-electron chi connectivity index (χ1n) is 10.8. The third kappa shape index (κ3) is 10.3. The molecule has 0 aromatic carbocycles. The third-order valence-electron chi connectivity index (χ3n) is 4.67. The molecule has 0 spiro atoms. The Hall–Kier alpha value is -2.39. The molecule has 1 aromatic rings. The van der Waals surface area contributed by atoms with E-state index in [4.69, 9.17) is 14.2 Å². The highest BCUT2D eigenvalue weighted by molar-refractivity contribution is 5.84. The molecule has 0 aliphatic heterocycles. The molecule has 0 aliphatic carbocycles. The number of pyridine rings is 1. The minimum Gasteiger partial charge on any atom is -0.491 e. The Balaban J connectivity index is 2.72. The predicted molar refractivity (Wildman–Crippen MR) is 122 cm³/mol. The molecule has 1 rings (SSSR count). The second kappa shape index (κ2) is 12.0. The van der Waals surface area contributed by atoms with E-state index >= 15 is 0 Å². The molecule has 1 heterocycles. The molecule has 2 unspecified atom stereocenters. The zero-order valence-corrected chi connectivity index (χ0v) is 20.6. The van der Waals surface area contributed by atoms with Gasteiger partial charge < -0.3 is 30.0 Å². The van der Waals surface area contributed by atoms with Crippen molar-refractivity contribution in [1.29, 1.82) is 0 Å². The number of aryl methyl sites for hydroxylation is 2. The van der Waals surface area contributed by atoms with Crippen LogP contribution in [0.5, 0.6) is 5.75 Å². The molecule has 3 N–H and O–H groups in total. The van der Waals surface area contributed by atoms with Crippen molar-refractivity contribution in [1.82, 2.24) is 15.6 Å². The number of amides is 2. The summed E-state index contributed by atoms with van der Waals surface area (Å²) in [6, 6.07) is 2.97. The first-order chi connectivity index (χ1) is 14.7. The Labute approximate surface area is 191 Å². The van der Waals surface area contributed by atoms with Gasteiger partial charge in [0.15, 0.2) is 0 Å². The lowest BCUT2D eigenvalue weighted by Gasteiger charge is -2.29. The zero-order valence-electron chi connectivity index (χ0n) is 20.6. The van der Waals surface area contributed by atoms with Gasteiger partial charge in [-0.1, -0.05) is 0 Å². The summed E-state index contributed by atoms with van der Waals surface area (Å²) in [6.45, 7) is 12.7. The maximum atomic E-state index is 12.6. The molecule has 182 valence electrons. The van der Waals surface area contributed by atoms with Gasteiger partial charge in [0.1, 0.15) is 29.7 Å². The van der Waals surface area contributed by atoms with Crippen LogP contribution in [-0.2, 0) is 14.3 Å².